The zero-order chi connectivity index (χ0) is 14.4. The van der Waals surface area contributed by atoms with E-state index >= 15 is 0 Å². The minimum Gasteiger partial charge on any atom is -0.459 e. The van der Waals surface area contributed by atoms with E-state index in [1.807, 2.05) is 37.3 Å². The van der Waals surface area contributed by atoms with Crippen molar-refractivity contribution in [3.63, 3.8) is 0 Å². The first-order chi connectivity index (χ1) is 9.70. The third-order valence-electron chi connectivity index (χ3n) is 3.58. The Balaban J connectivity index is 1.73. The van der Waals surface area contributed by atoms with E-state index in [1.165, 1.54) is 0 Å². The van der Waals surface area contributed by atoms with Crippen LogP contribution in [0.15, 0.2) is 30.3 Å². The Labute approximate surface area is 119 Å². The lowest BCUT2D eigenvalue weighted by atomic mass is 9.98. The van der Waals surface area contributed by atoms with Crippen LogP contribution in [0.1, 0.15) is 31.7 Å². The number of aliphatic hydroxyl groups is 1. The summed E-state index contributed by atoms with van der Waals surface area (Å²) in [6.07, 6.45) is 1.21. The van der Waals surface area contributed by atoms with Crippen LogP contribution in [0.4, 0.5) is 0 Å². The van der Waals surface area contributed by atoms with Crippen molar-refractivity contribution in [3.8, 4) is 0 Å². The molecule has 1 fully saturated rings. The molecule has 0 bridgehead atoms. The van der Waals surface area contributed by atoms with Crippen molar-refractivity contribution in [1.82, 2.24) is 0 Å². The fourth-order valence-electron chi connectivity index (χ4n) is 2.47. The van der Waals surface area contributed by atoms with E-state index < -0.39 is 12.2 Å². The van der Waals surface area contributed by atoms with E-state index in [9.17, 15) is 9.90 Å². The molecule has 1 unspecified atom stereocenters. The van der Waals surface area contributed by atoms with E-state index in [-0.39, 0.29) is 18.5 Å². The van der Waals surface area contributed by atoms with Crippen molar-refractivity contribution in [3.05, 3.63) is 35.9 Å². The summed E-state index contributed by atoms with van der Waals surface area (Å²) in [5.41, 5.74) is 1.06. The number of benzene rings is 1. The summed E-state index contributed by atoms with van der Waals surface area (Å²) in [5.74, 6) is -0.243. The minimum absolute atomic E-state index is 0.0613. The van der Waals surface area contributed by atoms with E-state index in [2.05, 4.69) is 0 Å². The largest absolute Gasteiger partial charge is 0.459 e. The van der Waals surface area contributed by atoms with Gasteiger partial charge in [-0.15, -0.1) is 0 Å². The Kier molecular flexibility index (Phi) is 5.56. The van der Waals surface area contributed by atoms with Crippen LogP contribution in [0.3, 0.4) is 0 Å². The average Bonchev–Trinajstić information content (AvgIpc) is 2.82. The standard InChI is InChI=1S/C16H22O4/c1-2-6-13-9-15(20-16(13)18)14(17)11-19-10-12-7-4-3-5-8-12/h3-5,7-8,13-15,17H,2,6,9-11H2,1H3/t13?,14-,15+/m1/s1. The predicted molar refractivity (Wildman–Crippen MR) is 75.0 cm³/mol. The van der Waals surface area contributed by atoms with Gasteiger partial charge in [-0.25, -0.2) is 0 Å². The lowest BCUT2D eigenvalue weighted by Gasteiger charge is -2.17. The predicted octanol–water partition coefficient (Wildman–Crippen LogP) is 2.30. The lowest BCUT2D eigenvalue weighted by Crippen LogP contribution is -2.30. The van der Waals surface area contributed by atoms with Crippen LogP contribution < -0.4 is 0 Å². The molecule has 0 aromatic heterocycles. The number of aliphatic hydroxyl groups excluding tert-OH is 1. The summed E-state index contributed by atoms with van der Waals surface area (Å²) in [7, 11) is 0. The quantitative estimate of drug-likeness (QED) is 0.778. The summed E-state index contributed by atoms with van der Waals surface area (Å²) in [4.78, 5) is 11.6. The molecule has 0 amide bonds. The van der Waals surface area contributed by atoms with Gasteiger partial charge in [-0.3, -0.25) is 4.79 Å². The molecule has 4 nitrogen and oxygen atoms in total. The Morgan fingerprint density at radius 2 is 2.15 bits per heavy atom. The molecule has 20 heavy (non-hydrogen) atoms. The topological polar surface area (TPSA) is 55.8 Å². The highest BCUT2D eigenvalue weighted by Gasteiger charge is 2.37. The summed E-state index contributed by atoms with van der Waals surface area (Å²) < 4.78 is 10.7. The highest BCUT2D eigenvalue weighted by Crippen LogP contribution is 2.27. The van der Waals surface area contributed by atoms with E-state index in [4.69, 9.17) is 9.47 Å². The second-order valence-corrected chi connectivity index (χ2v) is 5.26. The second-order valence-electron chi connectivity index (χ2n) is 5.26. The van der Waals surface area contributed by atoms with E-state index in [0.717, 1.165) is 18.4 Å². The molecule has 0 aliphatic carbocycles. The molecule has 4 heteroatoms. The molecule has 110 valence electrons. The Bertz CT molecular complexity index is 418. The average molecular weight is 278 g/mol. The number of ether oxygens (including phenoxy) is 2. The third-order valence-corrected chi connectivity index (χ3v) is 3.58. The SMILES string of the molecule is CCCC1C[C@@H]([C@H](O)COCc2ccccc2)OC1=O. The van der Waals surface area contributed by atoms with Crippen molar-refractivity contribution < 1.29 is 19.4 Å². The van der Waals surface area contributed by atoms with Crippen molar-refractivity contribution in [2.75, 3.05) is 6.61 Å². The van der Waals surface area contributed by atoms with Gasteiger partial charge in [-0.05, 0) is 12.0 Å². The molecule has 1 heterocycles. The fourth-order valence-corrected chi connectivity index (χ4v) is 2.47. The number of cyclic esters (lactones) is 1. The maximum atomic E-state index is 11.6. The zero-order valence-electron chi connectivity index (χ0n) is 11.8. The van der Waals surface area contributed by atoms with Gasteiger partial charge in [0.15, 0.2) is 0 Å². The molecule has 2 rings (SSSR count). The number of esters is 1. The summed E-state index contributed by atoms with van der Waals surface area (Å²) in [6, 6.07) is 9.79. The molecular formula is C16H22O4. The molecule has 1 aromatic rings. The van der Waals surface area contributed by atoms with E-state index in [1.54, 1.807) is 0 Å². The van der Waals surface area contributed by atoms with Crippen LogP contribution in [0.2, 0.25) is 0 Å². The number of carbonyl (C=O) groups is 1. The van der Waals surface area contributed by atoms with Crippen molar-refractivity contribution >= 4 is 5.97 Å². The first-order valence-electron chi connectivity index (χ1n) is 7.21. The first-order valence-corrected chi connectivity index (χ1v) is 7.21. The molecule has 1 saturated heterocycles. The van der Waals surface area contributed by atoms with Crippen molar-refractivity contribution in [2.45, 2.75) is 45.0 Å². The molecule has 0 saturated carbocycles. The van der Waals surface area contributed by atoms with Gasteiger partial charge in [0, 0.05) is 6.42 Å². The summed E-state index contributed by atoms with van der Waals surface area (Å²) in [5, 5.41) is 10.0. The van der Waals surface area contributed by atoms with Gasteiger partial charge in [0.1, 0.15) is 12.2 Å². The van der Waals surface area contributed by atoms with Gasteiger partial charge in [0.25, 0.3) is 0 Å². The van der Waals surface area contributed by atoms with Crippen LogP contribution in [0, 0.1) is 5.92 Å². The van der Waals surface area contributed by atoms with Gasteiger partial charge in [0.05, 0.1) is 19.1 Å². The highest BCUT2D eigenvalue weighted by atomic mass is 16.6. The first kappa shape index (κ1) is 15.0. The number of rotatable bonds is 7. The minimum atomic E-state index is -0.746. The number of hydrogen-bond donors (Lipinski definition) is 1. The van der Waals surface area contributed by atoms with Crippen LogP contribution in [-0.2, 0) is 20.9 Å². The highest BCUT2D eigenvalue weighted by molar-refractivity contribution is 5.74. The molecule has 3 atom stereocenters. The van der Waals surface area contributed by atoms with Crippen molar-refractivity contribution in [1.29, 1.82) is 0 Å². The molecule has 1 aromatic carbocycles. The number of carbonyl (C=O) groups excluding carboxylic acids is 1. The second kappa shape index (κ2) is 7.41. The summed E-state index contributed by atoms with van der Waals surface area (Å²) >= 11 is 0. The molecule has 1 aliphatic heterocycles. The molecule has 1 N–H and O–H groups in total. The maximum Gasteiger partial charge on any atom is 0.309 e. The fraction of sp³-hybridized carbons (Fsp3) is 0.562. The number of hydrogen-bond acceptors (Lipinski definition) is 4. The van der Waals surface area contributed by atoms with Gasteiger partial charge in [0.2, 0.25) is 0 Å². The van der Waals surface area contributed by atoms with E-state index in [0.29, 0.717) is 13.0 Å². The van der Waals surface area contributed by atoms with Crippen LogP contribution in [0.25, 0.3) is 0 Å². The van der Waals surface area contributed by atoms with Crippen LogP contribution in [0.5, 0.6) is 0 Å². The van der Waals surface area contributed by atoms with Gasteiger partial charge < -0.3 is 14.6 Å². The Hall–Kier alpha value is -1.39. The smallest absolute Gasteiger partial charge is 0.309 e. The zero-order valence-corrected chi connectivity index (χ0v) is 11.8. The molecular weight excluding hydrogens is 256 g/mol. The third kappa shape index (κ3) is 4.05. The summed E-state index contributed by atoms with van der Waals surface area (Å²) in [6.45, 7) is 2.68. The molecule has 0 spiro atoms. The van der Waals surface area contributed by atoms with Crippen LogP contribution >= 0.6 is 0 Å². The lowest BCUT2D eigenvalue weighted by molar-refractivity contribution is -0.149. The Morgan fingerprint density at radius 3 is 2.85 bits per heavy atom. The maximum absolute atomic E-state index is 11.6. The van der Waals surface area contributed by atoms with Crippen molar-refractivity contribution in [2.24, 2.45) is 5.92 Å². The molecule has 1 aliphatic rings. The monoisotopic (exact) mass is 278 g/mol. The van der Waals surface area contributed by atoms with Crippen LogP contribution in [-0.4, -0.2) is 29.9 Å². The molecule has 0 radical (unpaired) electrons. The van der Waals surface area contributed by atoms with Gasteiger partial charge in [-0.1, -0.05) is 43.7 Å². The normalized spacial score (nSPS) is 23.6. The Morgan fingerprint density at radius 1 is 1.40 bits per heavy atom. The van der Waals surface area contributed by atoms with Gasteiger partial charge >= 0.3 is 5.97 Å². The van der Waals surface area contributed by atoms with Gasteiger partial charge in [-0.2, -0.15) is 0 Å².